The van der Waals surface area contributed by atoms with Gasteiger partial charge >= 0.3 is 12.4 Å². The largest absolute Gasteiger partial charge is 0.426 e. The Bertz CT molecular complexity index is 292. The molecular weight excluding hydrogens is 290 g/mol. The molecule has 1 fully saturated rings. The van der Waals surface area contributed by atoms with Crippen LogP contribution in [-0.2, 0) is 4.74 Å². The van der Waals surface area contributed by atoms with Crippen molar-refractivity contribution < 1.29 is 36.2 Å². The van der Waals surface area contributed by atoms with E-state index in [9.17, 15) is 31.4 Å². The zero-order valence-electron chi connectivity index (χ0n) is 11.0. The zero-order chi connectivity index (χ0) is 15.6. The molecule has 1 unspecified atom stereocenters. The summed E-state index contributed by atoms with van der Waals surface area (Å²) in [4.78, 5) is 0. The Morgan fingerprint density at radius 3 is 1.80 bits per heavy atom. The fourth-order valence-corrected chi connectivity index (χ4v) is 2.63. The molecule has 1 atom stereocenters. The SMILES string of the molecule is COC(CC(O)(C(F)(F)F)C(F)(F)F)C1CCCCC1. The van der Waals surface area contributed by atoms with Crippen LogP contribution in [0.4, 0.5) is 26.3 Å². The maximum absolute atomic E-state index is 12.6. The summed E-state index contributed by atoms with van der Waals surface area (Å²) in [7, 11) is 1.08. The molecule has 8 heteroatoms. The van der Waals surface area contributed by atoms with Crippen LogP contribution in [0.15, 0.2) is 0 Å². The molecule has 0 saturated heterocycles. The smallest absolute Gasteiger partial charge is 0.381 e. The van der Waals surface area contributed by atoms with Crippen molar-refractivity contribution in [2.24, 2.45) is 5.92 Å². The van der Waals surface area contributed by atoms with Crippen molar-refractivity contribution in [2.75, 3.05) is 7.11 Å². The number of alkyl halides is 6. The molecule has 0 aromatic heterocycles. The van der Waals surface area contributed by atoms with Gasteiger partial charge in [-0.15, -0.1) is 0 Å². The highest BCUT2D eigenvalue weighted by Gasteiger charge is 2.70. The van der Waals surface area contributed by atoms with Crippen LogP contribution in [0.2, 0.25) is 0 Å². The van der Waals surface area contributed by atoms with Gasteiger partial charge < -0.3 is 9.84 Å². The highest BCUT2D eigenvalue weighted by atomic mass is 19.4. The van der Waals surface area contributed by atoms with E-state index in [1.807, 2.05) is 0 Å². The van der Waals surface area contributed by atoms with E-state index in [4.69, 9.17) is 4.74 Å². The summed E-state index contributed by atoms with van der Waals surface area (Å²) in [6.07, 6.45) is -10.9. The number of methoxy groups -OCH3 is 1. The first-order valence-electron chi connectivity index (χ1n) is 6.41. The van der Waals surface area contributed by atoms with E-state index in [2.05, 4.69) is 0 Å². The molecule has 0 aromatic carbocycles. The van der Waals surface area contributed by atoms with E-state index in [1.165, 1.54) is 0 Å². The van der Waals surface area contributed by atoms with Crippen molar-refractivity contribution in [2.45, 2.75) is 62.6 Å². The Morgan fingerprint density at radius 2 is 1.45 bits per heavy atom. The molecule has 1 aliphatic carbocycles. The van der Waals surface area contributed by atoms with Crippen molar-refractivity contribution in [3.8, 4) is 0 Å². The highest BCUT2D eigenvalue weighted by Crippen LogP contribution is 2.47. The summed E-state index contributed by atoms with van der Waals surface area (Å²) in [6.45, 7) is 0. The van der Waals surface area contributed by atoms with Crippen molar-refractivity contribution in [1.29, 1.82) is 0 Å². The molecule has 0 aromatic rings. The first-order chi connectivity index (χ1) is 9.03. The van der Waals surface area contributed by atoms with Gasteiger partial charge in [0.2, 0.25) is 0 Å². The van der Waals surface area contributed by atoms with E-state index in [1.54, 1.807) is 0 Å². The molecule has 0 amide bonds. The van der Waals surface area contributed by atoms with Gasteiger partial charge in [-0.1, -0.05) is 19.3 Å². The molecule has 1 rings (SSSR count). The first kappa shape index (κ1) is 17.6. The molecule has 0 bridgehead atoms. The van der Waals surface area contributed by atoms with E-state index >= 15 is 0 Å². The van der Waals surface area contributed by atoms with Crippen molar-refractivity contribution >= 4 is 0 Å². The van der Waals surface area contributed by atoms with Crippen LogP contribution in [0.5, 0.6) is 0 Å². The van der Waals surface area contributed by atoms with Crippen molar-refractivity contribution in [3.63, 3.8) is 0 Å². The third-order valence-electron chi connectivity index (χ3n) is 3.91. The van der Waals surface area contributed by atoms with Gasteiger partial charge in [-0.3, -0.25) is 0 Å². The molecule has 0 aliphatic heterocycles. The number of ether oxygens (including phenoxy) is 1. The molecule has 1 N–H and O–H groups in total. The third kappa shape index (κ3) is 3.58. The summed E-state index contributed by atoms with van der Waals surface area (Å²) >= 11 is 0. The second kappa shape index (κ2) is 6.09. The Morgan fingerprint density at radius 1 is 1.00 bits per heavy atom. The zero-order valence-corrected chi connectivity index (χ0v) is 11.0. The molecule has 0 spiro atoms. The fourth-order valence-electron chi connectivity index (χ4n) is 2.63. The molecule has 1 aliphatic rings. The molecule has 20 heavy (non-hydrogen) atoms. The molecule has 0 radical (unpaired) electrons. The van der Waals surface area contributed by atoms with Gasteiger partial charge in [0.15, 0.2) is 0 Å². The minimum atomic E-state index is -5.78. The van der Waals surface area contributed by atoms with Gasteiger partial charge in [-0.2, -0.15) is 26.3 Å². The lowest BCUT2D eigenvalue weighted by atomic mass is 9.80. The Kier molecular flexibility index (Phi) is 5.34. The first-order valence-corrected chi connectivity index (χ1v) is 6.41. The van der Waals surface area contributed by atoms with Crippen LogP contribution in [0.3, 0.4) is 0 Å². The van der Waals surface area contributed by atoms with Crippen molar-refractivity contribution in [3.05, 3.63) is 0 Å². The van der Waals surface area contributed by atoms with Gasteiger partial charge in [0.25, 0.3) is 5.60 Å². The number of aliphatic hydroxyl groups is 1. The maximum atomic E-state index is 12.6. The van der Waals surface area contributed by atoms with Crippen molar-refractivity contribution in [1.82, 2.24) is 0 Å². The Balaban J connectivity index is 2.92. The minimum absolute atomic E-state index is 0.384. The lowest BCUT2D eigenvalue weighted by molar-refractivity contribution is -0.375. The quantitative estimate of drug-likeness (QED) is 0.800. The summed E-state index contributed by atoms with van der Waals surface area (Å²) in [5, 5.41) is 9.19. The summed E-state index contributed by atoms with van der Waals surface area (Å²) in [6, 6.07) is 0. The Labute approximate surface area is 113 Å². The van der Waals surface area contributed by atoms with E-state index in [-0.39, 0.29) is 5.92 Å². The second-order valence-electron chi connectivity index (χ2n) is 5.23. The summed E-state index contributed by atoms with van der Waals surface area (Å²) < 4.78 is 80.6. The molecular formula is C12H18F6O2. The molecule has 1 saturated carbocycles. The average Bonchev–Trinajstić information content (AvgIpc) is 2.34. The van der Waals surface area contributed by atoms with E-state index in [0.29, 0.717) is 12.8 Å². The number of hydrogen-bond donors (Lipinski definition) is 1. The lowest BCUT2D eigenvalue weighted by Crippen LogP contribution is -2.59. The minimum Gasteiger partial charge on any atom is -0.381 e. The van der Waals surface area contributed by atoms with E-state index in [0.717, 1.165) is 26.4 Å². The maximum Gasteiger partial charge on any atom is 0.426 e. The standard InChI is InChI=1S/C12H18F6O2/c1-20-9(8-5-3-2-4-6-8)7-10(19,11(13,14)15)12(16,17)18/h8-9,19H,2-7H2,1H3. The van der Waals surface area contributed by atoms with Crippen LogP contribution >= 0.6 is 0 Å². The normalized spacial score (nSPS) is 21.0. The van der Waals surface area contributed by atoms with Crippen LogP contribution in [0.1, 0.15) is 38.5 Å². The van der Waals surface area contributed by atoms with Gasteiger partial charge in [-0.25, -0.2) is 0 Å². The van der Waals surface area contributed by atoms with Crippen LogP contribution < -0.4 is 0 Å². The lowest BCUT2D eigenvalue weighted by Gasteiger charge is -2.38. The second-order valence-corrected chi connectivity index (χ2v) is 5.23. The van der Waals surface area contributed by atoms with Crippen LogP contribution in [-0.4, -0.2) is 36.3 Å². The molecule has 2 nitrogen and oxygen atoms in total. The predicted octanol–water partition coefficient (Wildman–Crippen LogP) is 3.83. The monoisotopic (exact) mass is 308 g/mol. The highest BCUT2D eigenvalue weighted by molar-refractivity contribution is 4.97. The number of rotatable bonds is 4. The summed E-state index contributed by atoms with van der Waals surface area (Å²) in [5.41, 5.74) is -4.72. The topological polar surface area (TPSA) is 29.5 Å². The van der Waals surface area contributed by atoms with Crippen LogP contribution in [0.25, 0.3) is 0 Å². The van der Waals surface area contributed by atoms with E-state index < -0.39 is 30.5 Å². The predicted molar refractivity (Wildman–Crippen MR) is 59.0 cm³/mol. The summed E-state index contributed by atoms with van der Waals surface area (Å²) in [5.74, 6) is -0.384. The third-order valence-corrected chi connectivity index (χ3v) is 3.91. The Hall–Kier alpha value is -0.500. The average molecular weight is 308 g/mol. The number of halogens is 6. The van der Waals surface area contributed by atoms with Gasteiger partial charge in [-0.05, 0) is 18.8 Å². The van der Waals surface area contributed by atoms with Crippen LogP contribution in [0, 0.1) is 5.92 Å². The molecule has 0 heterocycles. The van der Waals surface area contributed by atoms with Gasteiger partial charge in [0, 0.05) is 13.5 Å². The van der Waals surface area contributed by atoms with Gasteiger partial charge in [0.05, 0.1) is 6.10 Å². The van der Waals surface area contributed by atoms with Gasteiger partial charge in [0.1, 0.15) is 0 Å². The fraction of sp³-hybridized carbons (Fsp3) is 1.00. The number of hydrogen-bond acceptors (Lipinski definition) is 2. The molecule has 120 valence electrons.